The molecule has 2 aromatic rings. The fourth-order valence-electron chi connectivity index (χ4n) is 4.58. The summed E-state index contributed by atoms with van der Waals surface area (Å²) >= 11 is 0. The van der Waals surface area contributed by atoms with Gasteiger partial charge in [-0.05, 0) is 82.7 Å². The van der Waals surface area contributed by atoms with Gasteiger partial charge in [0.05, 0.1) is 23.5 Å². The van der Waals surface area contributed by atoms with Gasteiger partial charge in [-0.1, -0.05) is 6.07 Å². The van der Waals surface area contributed by atoms with Gasteiger partial charge in [0.1, 0.15) is 5.65 Å². The molecule has 5 heteroatoms. The maximum absolute atomic E-state index is 5.77. The summed E-state index contributed by atoms with van der Waals surface area (Å²) < 4.78 is 2.14. The van der Waals surface area contributed by atoms with Gasteiger partial charge in [-0.2, -0.15) is 0 Å². The summed E-state index contributed by atoms with van der Waals surface area (Å²) in [5.41, 5.74) is 10.8. The number of allylic oxidation sites excluding steroid dienone is 1. The molecule has 144 valence electrons. The number of fused-ring (bicyclic) bond motifs is 1. The summed E-state index contributed by atoms with van der Waals surface area (Å²) in [4.78, 5) is 12.5. The third-order valence-corrected chi connectivity index (χ3v) is 5.98. The van der Waals surface area contributed by atoms with E-state index >= 15 is 0 Å². The summed E-state index contributed by atoms with van der Waals surface area (Å²) in [7, 11) is 0. The Balaban J connectivity index is 1.66. The van der Waals surface area contributed by atoms with E-state index in [1.54, 1.807) is 0 Å². The average molecular weight is 366 g/mol. The quantitative estimate of drug-likeness (QED) is 0.784. The highest BCUT2D eigenvalue weighted by molar-refractivity contribution is 5.62. The molecule has 2 aromatic heterocycles. The van der Waals surface area contributed by atoms with Crippen molar-refractivity contribution < 1.29 is 0 Å². The number of hydrogen-bond donors (Lipinski definition) is 1. The molecule has 0 spiro atoms. The van der Waals surface area contributed by atoms with Crippen LogP contribution in [0.3, 0.4) is 0 Å². The minimum Gasteiger partial charge on any atom is -0.330 e. The SMILES string of the molecule is CC1=C(C2CCCC(c3cn4ccccc4n3)N2CCCCN)N=CCC1. The topological polar surface area (TPSA) is 58.9 Å². The number of rotatable bonds is 6. The molecule has 0 bridgehead atoms. The van der Waals surface area contributed by atoms with Crippen LogP contribution in [0.15, 0.2) is 46.9 Å². The first-order valence-corrected chi connectivity index (χ1v) is 10.4. The van der Waals surface area contributed by atoms with Crippen LogP contribution in [-0.4, -0.2) is 39.6 Å². The maximum atomic E-state index is 5.77. The highest BCUT2D eigenvalue weighted by atomic mass is 15.2. The Morgan fingerprint density at radius 2 is 2.07 bits per heavy atom. The first kappa shape index (κ1) is 18.4. The van der Waals surface area contributed by atoms with Crippen LogP contribution in [0, 0.1) is 0 Å². The van der Waals surface area contributed by atoms with Crippen molar-refractivity contribution in [1.29, 1.82) is 0 Å². The number of likely N-dealkylation sites (tertiary alicyclic amines) is 1. The summed E-state index contributed by atoms with van der Waals surface area (Å²) in [5, 5.41) is 0. The molecule has 1 saturated heterocycles. The van der Waals surface area contributed by atoms with Crippen molar-refractivity contribution in [2.75, 3.05) is 13.1 Å². The lowest BCUT2D eigenvalue weighted by molar-refractivity contribution is 0.0961. The Bertz CT molecular complexity index is 801. The largest absolute Gasteiger partial charge is 0.330 e. The van der Waals surface area contributed by atoms with E-state index in [4.69, 9.17) is 15.7 Å². The Morgan fingerprint density at radius 3 is 2.89 bits per heavy atom. The number of nitrogens with two attached hydrogens (primary N) is 1. The van der Waals surface area contributed by atoms with E-state index in [1.165, 1.54) is 36.2 Å². The molecule has 4 heterocycles. The molecule has 2 aliphatic heterocycles. The molecule has 4 rings (SSSR count). The molecule has 2 unspecified atom stereocenters. The Kier molecular flexibility index (Phi) is 5.69. The van der Waals surface area contributed by atoms with Crippen LogP contribution in [0.5, 0.6) is 0 Å². The smallest absolute Gasteiger partial charge is 0.137 e. The van der Waals surface area contributed by atoms with Crippen LogP contribution < -0.4 is 5.73 Å². The lowest BCUT2D eigenvalue weighted by Gasteiger charge is -2.42. The first-order valence-electron chi connectivity index (χ1n) is 10.4. The van der Waals surface area contributed by atoms with Gasteiger partial charge in [0, 0.05) is 18.6 Å². The maximum Gasteiger partial charge on any atom is 0.137 e. The van der Waals surface area contributed by atoms with Crippen molar-refractivity contribution in [1.82, 2.24) is 14.3 Å². The van der Waals surface area contributed by atoms with Crippen molar-refractivity contribution in [3.63, 3.8) is 0 Å². The van der Waals surface area contributed by atoms with Gasteiger partial charge >= 0.3 is 0 Å². The van der Waals surface area contributed by atoms with Crippen molar-refractivity contribution in [3.8, 4) is 0 Å². The average Bonchev–Trinajstić information content (AvgIpc) is 3.13. The predicted octanol–water partition coefficient (Wildman–Crippen LogP) is 4.11. The second kappa shape index (κ2) is 8.36. The van der Waals surface area contributed by atoms with Gasteiger partial charge in [0.25, 0.3) is 0 Å². The number of imidazole rings is 1. The van der Waals surface area contributed by atoms with E-state index in [2.05, 4.69) is 53.0 Å². The summed E-state index contributed by atoms with van der Waals surface area (Å²) in [6.45, 7) is 4.09. The van der Waals surface area contributed by atoms with Crippen molar-refractivity contribution in [3.05, 3.63) is 47.6 Å². The van der Waals surface area contributed by atoms with Crippen molar-refractivity contribution in [2.45, 2.75) is 64.0 Å². The number of pyridine rings is 1. The zero-order valence-corrected chi connectivity index (χ0v) is 16.3. The lowest BCUT2D eigenvalue weighted by atomic mass is 9.89. The number of aromatic nitrogens is 2. The van der Waals surface area contributed by atoms with Crippen LogP contribution >= 0.6 is 0 Å². The molecule has 0 aliphatic carbocycles. The molecule has 0 aromatic carbocycles. The van der Waals surface area contributed by atoms with E-state index in [0.717, 1.165) is 44.4 Å². The molecule has 0 radical (unpaired) electrons. The zero-order valence-electron chi connectivity index (χ0n) is 16.3. The van der Waals surface area contributed by atoms with Crippen LogP contribution in [-0.2, 0) is 0 Å². The molecule has 2 N–H and O–H groups in total. The van der Waals surface area contributed by atoms with Crippen molar-refractivity contribution >= 4 is 11.9 Å². The van der Waals surface area contributed by atoms with E-state index < -0.39 is 0 Å². The monoisotopic (exact) mass is 365 g/mol. The molecule has 27 heavy (non-hydrogen) atoms. The van der Waals surface area contributed by atoms with Gasteiger partial charge in [0.15, 0.2) is 0 Å². The van der Waals surface area contributed by atoms with E-state index in [9.17, 15) is 0 Å². The summed E-state index contributed by atoms with van der Waals surface area (Å²) in [6, 6.07) is 6.97. The van der Waals surface area contributed by atoms with E-state index in [-0.39, 0.29) is 0 Å². The fourth-order valence-corrected chi connectivity index (χ4v) is 4.58. The minimum absolute atomic E-state index is 0.360. The molecule has 0 amide bonds. The number of piperidine rings is 1. The molecule has 2 atom stereocenters. The van der Waals surface area contributed by atoms with Gasteiger partial charge < -0.3 is 10.1 Å². The van der Waals surface area contributed by atoms with Crippen molar-refractivity contribution in [2.24, 2.45) is 10.7 Å². The van der Waals surface area contributed by atoms with Crippen LogP contribution in [0.25, 0.3) is 5.65 Å². The Morgan fingerprint density at radius 1 is 1.19 bits per heavy atom. The fraction of sp³-hybridized carbons (Fsp3) is 0.545. The van der Waals surface area contributed by atoms with Gasteiger partial charge in [-0.15, -0.1) is 0 Å². The normalized spacial score (nSPS) is 24.1. The van der Waals surface area contributed by atoms with Crippen LogP contribution in [0.1, 0.15) is 63.6 Å². The second-order valence-corrected chi connectivity index (χ2v) is 7.84. The van der Waals surface area contributed by atoms with Gasteiger partial charge in [-0.25, -0.2) is 4.98 Å². The molecule has 5 nitrogen and oxygen atoms in total. The second-order valence-electron chi connectivity index (χ2n) is 7.84. The Labute approximate surface area is 162 Å². The van der Waals surface area contributed by atoms with Crippen LogP contribution in [0.4, 0.5) is 0 Å². The number of unbranched alkanes of at least 4 members (excludes halogenated alkanes) is 1. The molecule has 0 saturated carbocycles. The molecule has 1 fully saturated rings. The number of hydrogen-bond acceptors (Lipinski definition) is 4. The van der Waals surface area contributed by atoms with Gasteiger partial charge in [-0.3, -0.25) is 9.89 Å². The van der Waals surface area contributed by atoms with E-state index in [0.29, 0.717) is 12.1 Å². The molecular formula is C22H31N5. The summed E-state index contributed by atoms with van der Waals surface area (Å²) in [6.07, 6.45) is 14.4. The first-order chi connectivity index (χ1) is 13.3. The van der Waals surface area contributed by atoms with Crippen LogP contribution in [0.2, 0.25) is 0 Å². The molecule has 2 aliphatic rings. The Hall–Kier alpha value is -1.98. The third-order valence-electron chi connectivity index (χ3n) is 5.98. The highest BCUT2D eigenvalue weighted by Gasteiger charge is 2.35. The molecular weight excluding hydrogens is 334 g/mol. The predicted molar refractivity (Wildman–Crippen MR) is 111 cm³/mol. The number of nitrogens with zero attached hydrogens (tertiary/aromatic N) is 4. The number of aliphatic imine (C=N–C) groups is 1. The van der Waals surface area contributed by atoms with E-state index in [1.807, 2.05) is 0 Å². The zero-order chi connectivity index (χ0) is 18.6. The lowest BCUT2D eigenvalue weighted by Crippen LogP contribution is -2.44. The summed E-state index contributed by atoms with van der Waals surface area (Å²) in [5.74, 6) is 0. The third kappa shape index (κ3) is 3.85. The van der Waals surface area contributed by atoms with Gasteiger partial charge in [0.2, 0.25) is 0 Å². The highest BCUT2D eigenvalue weighted by Crippen LogP contribution is 2.38. The minimum atomic E-state index is 0.360. The standard InChI is InChI=1S/C22H31N5/c1-17-8-7-13-24-22(17)20-10-6-9-19(27(20)15-5-3-12-23)18-16-26-14-4-2-11-21(26)25-18/h2,4,11,13-14,16,19-20H,3,5-10,12,15,23H2,1H3.